The zero-order chi connectivity index (χ0) is 25.7. The lowest BCUT2D eigenvalue weighted by molar-refractivity contribution is -0.137. The molecule has 0 saturated carbocycles. The number of nitrogens with one attached hydrogen (secondary N) is 1. The smallest absolute Gasteiger partial charge is 0.417 e. The van der Waals surface area contributed by atoms with Crippen molar-refractivity contribution in [3.8, 4) is 17.0 Å². The number of nitrogens with zero attached hydrogens (tertiary/aromatic N) is 2. The Hall–Kier alpha value is -3.50. The predicted molar refractivity (Wildman–Crippen MR) is 127 cm³/mol. The van der Waals surface area contributed by atoms with Crippen LogP contribution in [-0.4, -0.2) is 47.4 Å². The van der Waals surface area contributed by atoms with Crippen molar-refractivity contribution in [3.05, 3.63) is 71.2 Å². The number of carbonyl (C=O) groups is 1. The highest BCUT2D eigenvalue weighted by atomic mass is 19.4. The third-order valence-electron chi connectivity index (χ3n) is 5.94. The summed E-state index contributed by atoms with van der Waals surface area (Å²) in [6.07, 6.45) is -1.17. The standard InChI is InChI=1S/C26H26F3N3O4/c1-16-2-3-21(31-25(34)19-10-20(15-30-14-19)26(27,28)29)13-22(16)18-11-23(17-4-7-35-8-5-17)32-24(12-18)36-9-6-33/h2-3,10-15,17,33H,4-9H2,1H3,(H,31,34). The highest BCUT2D eigenvalue weighted by Crippen LogP contribution is 2.34. The van der Waals surface area contributed by atoms with Crippen LogP contribution in [-0.2, 0) is 10.9 Å². The minimum atomic E-state index is -4.60. The molecule has 0 aliphatic carbocycles. The first kappa shape index (κ1) is 25.6. The first-order valence-electron chi connectivity index (χ1n) is 11.5. The number of amides is 1. The summed E-state index contributed by atoms with van der Waals surface area (Å²) < 4.78 is 50.1. The molecule has 0 bridgehead atoms. The molecular weight excluding hydrogens is 475 g/mol. The van der Waals surface area contributed by atoms with Gasteiger partial charge in [0.05, 0.1) is 17.7 Å². The molecule has 3 heterocycles. The third kappa shape index (κ3) is 6.19. The van der Waals surface area contributed by atoms with Gasteiger partial charge in [-0.15, -0.1) is 0 Å². The molecule has 36 heavy (non-hydrogen) atoms. The van der Waals surface area contributed by atoms with Crippen LogP contribution < -0.4 is 10.1 Å². The molecule has 1 saturated heterocycles. The van der Waals surface area contributed by atoms with Crippen molar-refractivity contribution in [3.63, 3.8) is 0 Å². The van der Waals surface area contributed by atoms with Gasteiger partial charge in [-0.05, 0) is 60.7 Å². The lowest BCUT2D eigenvalue weighted by Crippen LogP contribution is -2.16. The molecule has 1 aromatic carbocycles. The Kier molecular flexibility index (Phi) is 7.85. The Labute approximate surface area is 206 Å². The fourth-order valence-corrected chi connectivity index (χ4v) is 4.04. The molecule has 10 heteroatoms. The molecule has 7 nitrogen and oxygen atoms in total. The van der Waals surface area contributed by atoms with E-state index < -0.39 is 17.6 Å². The summed E-state index contributed by atoms with van der Waals surface area (Å²) in [4.78, 5) is 20.9. The van der Waals surface area contributed by atoms with E-state index >= 15 is 0 Å². The van der Waals surface area contributed by atoms with Gasteiger partial charge in [0.1, 0.15) is 6.61 Å². The van der Waals surface area contributed by atoms with Crippen molar-refractivity contribution in [1.29, 1.82) is 0 Å². The summed E-state index contributed by atoms with van der Waals surface area (Å²) in [5.41, 5.74) is 2.62. The number of halogens is 3. The van der Waals surface area contributed by atoms with Gasteiger partial charge >= 0.3 is 6.18 Å². The molecule has 1 fully saturated rings. The average molecular weight is 502 g/mol. The number of anilines is 1. The molecule has 1 aliphatic heterocycles. The molecule has 1 aliphatic rings. The van der Waals surface area contributed by atoms with Gasteiger partial charge in [0.2, 0.25) is 5.88 Å². The number of aryl methyl sites for hydroxylation is 1. The minimum absolute atomic E-state index is 0.101. The number of alkyl halides is 3. The number of carbonyl (C=O) groups excluding carboxylic acids is 1. The Morgan fingerprint density at radius 1 is 1.17 bits per heavy atom. The van der Waals surface area contributed by atoms with Gasteiger partial charge in [-0.25, -0.2) is 4.98 Å². The number of pyridine rings is 2. The Morgan fingerprint density at radius 3 is 2.67 bits per heavy atom. The second-order valence-corrected chi connectivity index (χ2v) is 8.52. The van der Waals surface area contributed by atoms with Crippen LogP contribution in [0.1, 0.15) is 45.9 Å². The maximum absolute atomic E-state index is 13.0. The molecule has 0 radical (unpaired) electrons. The summed E-state index contributed by atoms with van der Waals surface area (Å²) in [6, 6.07) is 9.77. The molecule has 0 atom stereocenters. The minimum Gasteiger partial charge on any atom is -0.475 e. The SMILES string of the molecule is Cc1ccc(NC(=O)c2cncc(C(F)(F)F)c2)cc1-c1cc(OCCO)nc(C2CCOCC2)c1. The van der Waals surface area contributed by atoms with Crippen LogP contribution in [0.2, 0.25) is 0 Å². The van der Waals surface area contributed by atoms with Crippen LogP contribution in [0.5, 0.6) is 5.88 Å². The van der Waals surface area contributed by atoms with Crippen LogP contribution >= 0.6 is 0 Å². The lowest BCUT2D eigenvalue weighted by atomic mass is 9.92. The average Bonchev–Trinajstić information content (AvgIpc) is 2.88. The maximum atomic E-state index is 13.0. The molecule has 0 unspecified atom stereocenters. The Morgan fingerprint density at radius 2 is 1.94 bits per heavy atom. The van der Waals surface area contributed by atoms with Gasteiger partial charge in [0.15, 0.2) is 0 Å². The van der Waals surface area contributed by atoms with Crippen LogP contribution in [0, 0.1) is 6.92 Å². The largest absolute Gasteiger partial charge is 0.475 e. The van der Waals surface area contributed by atoms with E-state index in [1.807, 2.05) is 19.1 Å². The summed E-state index contributed by atoms with van der Waals surface area (Å²) in [6.45, 7) is 3.16. The van der Waals surface area contributed by atoms with Gasteiger partial charge in [-0.3, -0.25) is 9.78 Å². The second-order valence-electron chi connectivity index (χ2n) is 8.52. The van der Waals surface area contributed by atoms with Crippen molar-refractivity contribution in [2.75, 3.05) is 31.7 Å². The zero-order valence-electron chi connectivity index (χ0n) is 19.6. The van der Waals surface area contributed by atoms with Crippen molar-refractivity contribution in [2.45, 2.75) is 31.9 Å². The molecule has 3 aromatic rings. The number of benzene rings is 1. The highest BCUT2D eigenvalue weighted by molar-refractivity contribution is 6.04. The van der Waals surface area contributed by atoms with Crippen LogP contribution in [0.15, 0.2) is 48.8 Å². The Balaban J connectivity index is 1.64. The summed E-state index contributed by atoms with van der Waals surface area (Å²) in [7, 11) is 0. The first-order valence-corrected chi connectivity index (χ1v) is 11.5. The summed E-state index contributed by atoms with van der Waals surface area (Å²) in [5, 5.41) is 11.8. The van der Waals surface area contributed by atoms with E-state index in [1.54, 1.807) is 18.2 Å². The van der Waals surface area contributed by atoms with Gasteiger partial charge in [-0.1, -0.05) is 6.07 Å². The molecule has 0 spiro atoms. The summed E-state index contributed by atoms with van der Waals surface area (Å²) >= 11 is 0. The molecule has 4 rings (SSSR count). The van der Waals surface area contributed by atoms with Crippen molar-refractivity contribution < 1.29 is 32.5 Å². The zero-order valence-corrected chi connectivity index (χ0v) is 19.6. The van der Waals surface area contributed by atoms with Crippen molar-refractivity contribution >= 4 is 11.6 Å². The number of aromatic nitrogens is 2. The van der Waals surface area contributed by atoms with E-state index in [1.165, 1.54) is 0 Å². The van der Waals surface area contributed by atoms with Gasteiger partial charge in [-0.2, -0.15) is 13.2 Å². The Bertz CT molecular complexity index is 1230. The van der Waals surface area contributed by atoms with E-state index in [4.69, 9.17) is 9.47 Å². The summed E-state index contributed by atoms with van der Waals surface area (Å²) in [5.74, 6) is -0.119. The molecule has 2 aromatic heterocycles. The molecule has 1 amide bonds. The maximum Gasteiger partial charge on any atom is 0.417 e. The van der Waals surface area contributed by atoms with Gasteiger partial charge < -0.3 is 19.9 Å². The molecular formula is C26H26F3N3O4. The van der Waals surface area contributed by atoms with Crippen LogP contribution in [0.3, 0.4) is 0 Å². The third-order valence-corrected chi connectivity index (χ3v) is 5.94. The van der Waals surface area contributed by atoms with E-state index in [-0.39, 0.29) is 24.7 Å². The fourth-order valence-electron chi connectivity index (χ4n) is 4.04. The number of hydrogen-bond donors (Lipinski definition) is 2. The molecule has 2 N–H and O–H groups in total. The number of hydrogen-bond acceptors (Lipinski definition) is 6. The number of aliphatic hydroxyl groups excluding tert-OH is 1. The van der Waals surface area contributed by atoms with E-state index in [0.29, 0.717) is 31.0 Å². The highest BCUT2D eigenvalue weighted by Gasteiger charge is 2.31. The first-order chi connectivity index (χ1) is 17.2. The van der Waals surface area contributed by atoms with E-state index in [2.05, 4.69) is 15.3 Å². The van der Waals surface area contributed by atoms with Crippen molar-refractivity contribution in [1.82, 2.24) is 9.97 Å². The number of aliphatic hydroxyl groups is 1. The van der Waals surface area contributed by atoms with E-state index in [9.17, 15) is 23.1 Å². The van der Waals surface area contributed by atoms with Gasteiger partial charge in [0.25, 0.3) is 5.91 Å². The number of rotatable bonds is 7. The number of ether oxygens (including phenoxy) is 2. The van der Waals surface area contributed by atoms with E-state index in [0.717, 1.165) is 47.5 Å². The second kappa shape index (κ2) is 11.0. The quantitative estimate of drug-likeness (QED) is 0.474. The normalized spacial score (nSPS) is 14.5. The fraction of sp³-hybridized carbons (Fsp3) is 0.346. The topological polar surface area (TPSA) is 93.6 Å². The van der Waals surface area contributed by atoms with Gasteiger partial charge in [0, 0.05) is 49.0 Å². The lowest BCUT2D eigenvalue weighted by Gasteiger charge is -2.23. The van der Waals surface area contributed by atoms with Crippen LogP contribution in [0.25, 0.3) is 11.1 Å². The monoisotopic (exact) mass is 501 g/mol. The molecule has 190 valence electrons. The van der Waals surface area contributed by atoms with Crippen molar-refractivity contribution in [2.24, 2.45) is 0 Å². The predicted octanol–water partition coefficient (Wildman–Crippen LogP) is 4.99. The van der Waals surface area contributed by atoms with Crippen LogP contribution in [0.4, 0.5) is 18.9 Å².